The first kappa shape index (κ1) is 15.5. The van der Waals surface area contributed by atoms with E-state index in [1.54, 1.807) is 18.2 Å². The van der Waals surface area contributed by atoms with Crippen LogP contribution in [0.15, 0.2) is 52.5 Å². The van der Waals surface area contributed by atoms with Crippen molar-refractivity contribution < 1.29 is 8.42 Å². The lowest BCUT2D eigenvalue weighted by Crippen LogP contribution is -2.05. The summed E-state index contributed by atoms with van der Waals surface area (Å²) in [5.74, 6) is 0. The smallest absolute Gasteiger partial charge is 0.225 e. The minimum atomic E-state index is -3.78. The monoisotopic (exact) mass is 372 g/mol. The van der Waals surface area contributed by atoms with E-state index >= 15 is 0 Å². The van der Waals surface area contributed by atoms with Gasteiger partial charge in [-0.1, -0.05) is 53.0 Å². The molecule has 3 aromatic rings. The summed E-state index contributed by atoms with van der Waals surface area (Å²) in [7, 11) is -3.78. The zero-order chi connectivity index (χ0) is 15.9. The van der Waals surface area contributed by atoms with Gasteiger partial charge in [-0.3, -0.25) is 0 Å². The van der Waals surface area contributed by atoms with E-state index < -0.39 is 9.84 Å². The maximum absolute atomic E-state index is 12.5. The number of aromatic nitrogens is 2. The molecule has 0 fully saturated rings. The van der Waals surface area contributed by atoms with Gasteiger partial charge in [0.15, 0.2) is 5.03 Å². The highest BCUT2D eigenvalue weighted by Crippen LogP contribution is 2.34. The summed E-state index contributed by atoms with van der Waals surface area (Å²) < 4.78 is 25.1. The number of fused-ring (bicyclic) bond motifs is 1. The Morgan fingerprint density at radius 1 is 0.909 bits per heavy atom. The highest BCUT2D eigenvalue weighted by atomic mass is 35.5. The molecule has 0 amide bonds. The summed E-state index contributed by atoms with van der Waals surface area (Å²) in [6.07, 6.45) is 1.14. The van der Waals surface area contributed by atoms with Crippen LogP contribution in [-0.4, -0.2) is 18.4 Å². The van der Waals surface area contributed by atoms with E-state index in [2.05, 4.69) is 9.97 Å². The lowest BCUT2D eigenvalue weighted by molar-refractivity contribution is 0.592. The largest absolute Gasteiger partial charge is 0.250 e. The van der Waals surface area contributed by atoms with Gasteiger partial charge in [-0.2, -0.15) is 0 Å². The van der Waals surface area contributed by atoms with Crippen LogP contribution in [0.1, 0.15) is 0 Å². The molecule has 1 aromatic heterocycles. The molecule has 4 nitrogen and oxygen atoms in total. The Labute approximate surface area is 141 Å². The van der Waals surface area contributed by atoms with E-state index in [1.165, 1.54) is 18.2 Å². The van der Waals surface area contributed by atoms with Crippen molar-refractivity contribution in [1.82, 2.24) is 9.97 Å². The van der Waals surface area contributed by atoms with Crippen molar-refractivity contribution in [1.29, 1.82) is 0 Å². The number of sulfone groups is 1. The number of nitrogens with zero attached hydrogens (tertiary/aromatic N) is 2. The quantitative estimate of drug-likeness (QED) is 0.624. The molecule has 3 rings (SSSR count). The summed E-state index contributed by atoms with van der Waals surface area (Å²) in [5.41, 5.74) is 0.444. The van der Waals surface area contributed by atoms with Crippen LogP contribution in [-0.2, 0) is 9.84 Å². The number of rotatable bonds is 2. The van der Waals surface area contributed by atoms with Crippen LogP contribution >= 0.6 is 34.8 Å². The maximum atomic E-state index is 12.5. The number of hydrogen-bond donors (Lipinski definition) is 0. The minimum Gasteiger partial charge on any atom is -0.250 e. The second-order valence-electron chi connectivity index (χ2n) is 4.38. The average Bonchev–Trinajstić information content (AvgIpc) is 2.53. The first-order valence-corrected chi connectivity index (χ1v) is 8.63. The van der Waals surface area contributed by atoms with E-state index in [1.807, 2.05) is 0 Å². The van der Waals surface area contributed by atoms with Gasteiger partial charge in [-0.25, -0.2) is 18.4 Å². The summed E-state index contributed by atoms with van der Waals surface area (Å²) in [6.45, 7) is 0. The second kappa shape index (κ2) is 5.66. The van der Waals surface area contributed by atoms with Crippen LogP contribution in [0.25, 0.3) is 11.0 Å². The average molecular weight is 374 g/mol. The molecule has 0 atom stereocenters. The van der Waals surface area contributed by atoms with Gasteiger partial charge >= 0.3 is 0 Å². The van der Waals surface area contributed by atoms with Crippen LogP contribution in [0.3, 0.4) is 0 Å². The minimum absolute atomic E-state index is 0.125. The second-order valence-corrected chi connectivity index (χ2v) is 7.47. The molecule has 0 radical (unpaired) electrons. The molecule has 22 heavy (non-hydrogen) atoms. The van der Waals surface area contributed by atoms with Crippen molar-refractivity contribution in [2.24, 2.45) is 0 Å². The molecule has 0 bridgehead atoms. The molecule has 1 heterocycles. The van der Waals surface area contributed by atoms with E-state index in [9.17, 15) is 8.42 Å². The first-order chi connectivity index (χ1) is 10.4. The van der Waals surface area contributed by atoms with Gasteiger partial charge in [0.25, 0.3) is 0 Å². The Kier molecular flexibility index (Phi) is 3.99. The third kappa shape index (κ3) is 2.54. The highest BCUT2D eigenvalue weighted by molar-refractivity contribution is 7.91. The number of hydrogen-bond acceptors (Lipinski definition) is 4. The van der Waals surface area contributed by atoms with E-state index in [0.717, 1.165) is 6.20 Å². The van der Waals surface area contributed by atoms with E-state index in [0.29, 0.717) is 0 Å². The predicted octanol–water partition coefficient (Wildman–Crippen LogP) is 4.42. The van der Waals surface area contributed by atoms with Gasteiger partial charge in [-0.15, -0.1) is 0 Å². The summed E-state index contributed by atoms with van der Waals surface area (Å²) >= 11 is 18.0. The summed E-state index contributed by atoms with van der Waals surface area (Å²) in [5, 5.41) is 0.387. The normalized spacial score (nSPS) is 11.8. The van der Waals surface area contributed by atoms with Gasteiger partial charge in [0.05, 0.1) is 26.2 Å². The van der Waals surface area contributed by atoms with Gasteiger partial charge in [0.2, 0.25) is 9.84 Å². The van der Waals surface area contributed by atoms with Crippen molar-refractivity contribution in [3.8, 4) is 0 Å². The highest BCUT2D eigenvalue weighted by Gasteiger charge is 2.21. The van der Waals surface area contributed by atoms with Crippen LogP contribution in [0, 0.1) is 0 Å². The molecule has 0 aliphatic heterocycles. The molecular weight excluding hydrogens is 367 g/mol. The third-order valence-electron chi connectivity index (χ3n) is 2.98. The Morgan fingerprint density at radius 2 is 1.59 bits per heavy atom. The lowest BCUT2D eigenvalue weighted by Gasteiger charge is -2.07. The maximum Gasteiger partial charge on any atom is 0.225 e. The molecule has 0 unspecified atom stereocenters. The first-order valence-electron chi connectivity index (χ1n) is 6.01. The Morgan fingerprint density at radius 3 is 2.27 bits per heavy atom. The van der Waals surface area contributed by atoms with Crippen molar-refractivity contribution >= 4 is 55.7 Å². The van der Waals surface area contributed by atoms with Crippen molar-refractivity contribution in [2.45, 2.75) is 9.92 Å². The van der Waals surface area contributed by atoms with Crippen molar-refractivity contribution in [3.05, 3.63) is 57.7 Å². The predicted molar refractivity (Wildman–Crippen MR) is 86.5 cm³/mol. The van der Waals surface area contributed by atoms with E-state index in [4.69, 9.17) is 34.8 Å². The molecule has 0 aliphatic carbocycles. The lowest BCUT2D eigenvalue weighted by atomic mass is 10.3. The Hall–Kier alpha value is -1.40. The Bertz CT molecular complexity index is 976. The fourth-order valence-electron chi connectivity index (χ4n) is 1.91. The molecular formula is C14H7Cl3N2O2S. The summed E-state index contributed by atoms with van der Waals surface area (Å²) in [4.78, 5) is 8.28. The van der Waals surface area contributed by atoms with Crippen LogP contribution < -0.4 is 0 Å². The third-order valence-corrected chi connectivity index (χ3v) is 5.68. The molecule has 0 aliphatic rings. The summed E-state index contributed by atoms with van der Waals surface area (Å²) in [6, 6.07) is 9.36. The fourth-order valence-corrected chi connectivity index (χ4v) is 3.75. The van der Waals surface area contributed by atoms with Gasteiger partial charge in [0, 0.05) is 0 Å². The van der Waals surface area contributed by atoms with Gasteiger partial charge in [-0.05, 0) is 18.2 Å². The number of halogens is 3. The molecule has 2 aromatic carbocycles. The zero-order valence-electron chi connectivity index (χ0n) is 10.8. The zero-order valence-corrected chi connectivity index (χ0v) is 13.9. The van der Waals surface area contributed by atoms with Crippen molar-refractivity contribution in [2.75, 3.05) is 0 Å². The topological polar surface area (TPSA) is 59.9 Å². The van der Waals surface area contributed by atoms with Gasteiger partial charge in [0.1, 0.15) is 11.0 Å². The molecule has 0 saturated carbocycles. The van der Waals surface area contributed by atoms with Gasteiger partial charge < -0.3 is 0 Å². The molecule has 8 heteroatoms. The molecule has 0 spiro atoms. The Balaban J connectivity index is 2.26. The number of benzene rings is 2. The van der Waals surface area contributed by atoms with Crippen LogP contribution in [0.2, 0.25) is 15.1 Å². The van der Waals surface area contributed by atoms with Crippen LogP contribution in [0.4, 0.5) is 0 Å². The molecule has 112 valence electrons. The molecule has 0 saturated heterocycles. The molecule has 0 N–H and O–H groups in total. The standard InChI is InChI=1S/C14H7Cl3N2O2S/c15-9-6-10(16)13-14(12(9)17)18-7-11(19-13)22(20,21)8-4-2-1-3-5-8/h1-7H. The van der Waals surface area contributed by atoms with Crippen LogP contribution in [0.5, 0.6) is 0 Å². The van der Waals surface area contributed by atoms with E-state index in [-0.39, 0.29) is 36.0 Å². The SMILES string of the molecule is O=S(=O)(c1ccccc1)c1cnc2c(Cl)c(Cl)cc(Cl)c2n1. The van der Waals surface area contributed by atoms with Crippen molar-refractivity contribution in [3.63, 3.8) is 0 Å². The fraction of sp³-hybridized carbons (Fsp3) is 0.